The molecule has 0 bridgehead atoms. The van der Waals surface area contributed by atoms with Gasteiger partial charge in [-0.15, -0.1) is 0 Å². The second-order valence-electron chi connectivity index (χ2n) is 8.07. The predicted molar refractivity (Wildman–Crippen MR) is 144 cm³/mol. The molecule has 0 aliphatic heterocycles. The number of hydrogen-bond donors (Lipinski definition) is 2. The first-order valence-electron chi connectivity index (χ1n) is 11.1. The number of nitrogens with zero attached hydrogens (tertiary/aromatic N) is 2. The molecule has 2 N–H and O–H groups in total. The molecule has 0 fully saturated rings. The van der Waals surface area contributed by atoms with Crippen LogP contribution < -0.4 is 44.7 Å². The summed E-state index contributed by atoms with van der Waals surface area (Å²) in [6.07, 6.45) is 0.233. The Morgan fingerprint density at radius 2 is 1.77 bits per heavy atom. The fourth-order valence-electron chi connectivity index (χ4n) is 3.85. The fourth-order valence-corrected chi connectivity index (χ4v) is 5.38. The number of halogens is 2. The van der Waals surface area contributed by atoms with Crippen molar-refractivity contribution in [1.29, 1.82) is 0 Å². The molecule has 0 aliphatic carbocycles. The van der Waals surface area contributed by atoms with Gasteiger partial charge in [-0.3, -0.25) is 9.35 Å². The number of anilines is 1. The molecule has 196 valence electrons. The number of ether oxygens (including phenoxy) is 1. The summed E-state index contributed by atoms with van der Waals surface area (Å²) in [6, 6.07) is 15.6. The Morgan fingerprint density at radius 1 is 1.05 bits per heavy atom. The third kappa shape index (κ3) is 6.72. The van der Waals surface area contributed by atoms with E-state index in [0.29, 0.717) is 16.5 Å². The molecule has 4 aromatic rings. The van der Waals surface area contributed by atoms with Crippen molar-refractivity contribution in [2.75, 3.05) is 12.4 Å². The Labute approximate surface area is 256 Å². The zero-order chi connectivity index (χ0) is 27.6. The van der Waals surface area contributed by atoms with E-state index in [2.05, 4.69) is 15.5 Å². The first-order valence-corrected chi connectivity index (χ1v) is 13.3. The van der Waals surface area contributed by atoms with Crippen molar-refractivity contribution in [3.63, 3.8) is 0 Å². The molecular weight excluding hydrogens is 576 g/mol. The molecule has 4 aromatic carbocycles. The van der Waals surface area contributed by atoms with Crippen LogP contribution in [0.1, 0.15) is 22.8 Å². The van der Waals surface area contributed by atoms with Gasteiger partial charge in [-0.1, -0.05) is 60.1 Å². The maximum atomic E-state index is 13.4. The van der Waals surface area contributed by atoms with E-state index in [1.165, 1.54) is 31.4 Å². The van der Waals surface area contributed by atoms with E-state index < -0.39 is 26.7 Å². The largest absolute Gasteiger partial charge is 1.00 e. The minimum atomic E-state index is -4.56. The number of carbonyl (C=O) groups excluding carboxylic acids is 1. The predicted octanol–water partition coefficient (Wildman–Crippen LogP) is 3.71. The summed E-state index contributed by atoms with van der Waals surface area (Å²) in [5, 5.41) is 25.3. The second kappa shape index (κ2) is 12.6. The Morgan fingerprint density at radius 3 is 2.44 bits per heavy atom. The maximum Gasteiger partial charge on any atom is 1.00 e. The van der Waals surface area contributed by atoms with Crippen LogP contribution in [0, 0.1) is 0 Å². The van der Waals surface area contributed by atoms with E-state index in [1.54, 1.807) is 43.3 Å². The quantitative estimate of drug-likeness (QED) is 0.189. The van der Waals surface area contributed by atoms with E-state index >= 15 is 0 Å². The van der Waals surface area contributed by atoms with Gasteiger partial charge in [0.1, 0.15) is 10.6 Å². The normalized spacial score (nSPS) is 11.4. The second-order valence-corrected chi connectivity index (χ2v) is 10.2. The number of aryl methyl sites for hydroxylation is 1. The molecule has 0 unspecified atom stereocenters. The summed E-state index contributed by atoms with van der Waals surface area (Å²) < 4.78 is 38.1. The van der Waals surface area contributed by atoms with Crippen LogP contribution in [-0.4, -0.2) is 26.0 Å². The van der Waals surface area contributed by atoms with E-state index in [-0.39, 0.29) is 74.2 Å². The minimum absolute atomic E-state index is 0. The average molecular weight is 596 g/mol. The molecule has 4 rings (SSSR count). The zero-order valence-electron chi connectivity index (χ0n) is 21.0. The Kier molecular flexibility index (Phi) is 10.0. The van der Waals surface area contributed by atoms with Crippen LogP contribution in [0.2, 0.25) is 10.0 Å². The number of carbonyl (C=O) groups is 1. The molecule has 0 radical (unpaired) electrons. The molecular formula is C26H20Cl2N3NaO6S. The molecule has 0 saturated heterocycles. The Balaban J connectivity index is 0.00000420. The van der Waals surface area contributed by atoms with E-state index in [0.717, 1.165) is 0 Å². The van der Waals surface area contributed by atoms with E-state index in [1.807, 2.05) is 0 Å². The molecule has 39 heavy (non-hydrogen) atoms. The van der Waals surface area contributed by atoms with Crippen LogP contribution in [0.3, 0.4) is 0 Å². The van der Waals surface area contributed by atoms with Gasteiger partial charge in [0.2, 0.25) is 0 Å². The molecule has 0 spiro atoms. The van der Waals surface area contributed by atoms with Gasteiger partial charge in [0.05, 0.1) is 34.2 Å². The Bertz CT molecular complexity index is 1710. The van der Waals surface area contributed by atoms with Gasteiger partial charge in [0.15, 0.2) is 0 Å². The summed E-state index contributed by atoms with van der Waals surface area (Å²) in [7, 11) is -3.09. The summed E-state index contributed by atoms with van der Waals surface area (Å²) >= 11 is 12.3. The number of benzene rings is 4. The van der Waals surface area contributed by atoms with Crippen LogP contribution in [0.25, 0.3) is 10.8 Å². The van der Waals surface area contributed by atoms with Gasteiger partial charge in [-0.05, 0) is 47.7 Å². The molecule has 0 heterocycles. The first kappa shape index (κ1) is 30.8. The fraction of sp³-hybridized carbons (Fsp3) is 0.115. The maximum absolute atomic E-state index is 13.4. The van der Waals surface area contributed by atoms with Gasteiger partial charge < -0.3 is 15.2 Å². The van der Waals surface area contributed by atoms with Crippen LogP contribution in [0.5, 0.6) is 11.5 Å². The molecule has 13 heteroatoms. The van der Waals surface area contributed by atoms with E-state index in [9.17, 15) is 22.9 Å². The number of hydrogen-bond acceptors (Lipinski definition) is 7. The third-order valence-corrected chi connectivity index (χ3v) is 7.39. The van der Waals surface area contributed by atoms with Gasteiger partial charge in [-0.25, -0.2) is 0 Å². The van der Waals surface area contributed by atoms with Crippen LogP contribution in [0.15, 0.2) is 75.8 Å². The van der Waals surface area contributed by atoms with Gasteiger partial charge in [-0.2, -0.15) is 18.6 Å². The molecule has 0 atom stereocenters. The first-order chi connectivity index (χ1) is 18.0. The monoisotopic (exact) mass is 595 g/mol. The van der Waals surface area contributed by atoms with Crippen molar-refractivity contribution >= 4 is 67.1 Å². The number of fused-ring (bicyclic) bond motifs is 1. The van der Waals surface area contributed by atoms with Gasteiger partial charge in [0, 0.05) is 17.0 Å². The number of rotatable bonds is 7. The zero-order valence-corrected chi connectivity index (χ0v) is 25.4. The molecule has 9 nitrogen and oxygen atoms in total. The van der Waals surface area contributed by atoms with Crippen LogP contribution >= 0.6 is 23.2 Å². The summed E-state index contributed by atoms with van der Waals surface area (Å²) in [5.41, 5.74) is 0.348. The molecule has 0 aliphatic rings. The summed E-state index contributed by atoms with van der Waals surface area (Å²) in [4.78, 5) is 12.7. The Hall–Kier alpha value is -2.70. The van der Waals surface area contributed by atoms with Crippen molar-refractivity contribution in [1.82, 2.24) is 0 Å². The van der Waals surface area contributed by atoms with E-state index in [4.69, 9.17) is 27.9 Å². The summed E-state index contributed by atoms with van der Waals surface area (Å²) in [6.45, 7) is 1.68. The summed E-state index contributed by atoms with van der Waals surface area (Å²) in [5.74, 6) is -0.924. The van der Waals surface area contributed by atoms with Crippen molar-refractivity contribution in [2.45, 2.75) is 18.2 Å². The van der Waals surface area contributed by atoms with Crippen LogP contribution in [-0.2, 0) is 16.5 Å². The standard InChI is InChI=1S/C26H21Cl2N3O6S.Na/c1-3-14-10-16(12-21(28)25(14)38(34,35)36)30-31-23-18-7-5-4-6-15(18)11-19(24(23)32)26(33)29-22-13-17(37-2)8-9-20(22)27;/h4-13,32H,3H2,1-2H3,(H,29,33)(H,34,35,36);/q;+1/p-1. The van der Waals surface area contributed by atoms with Crippen molar-refractivity contribution in [2.24, 2.45) is 10.2 Å². The molecule has 1 amide bonds. The number of azo groups is 1. The SMILES string of the molecule is CCc1cc(N=Nc2c([O-])c(C(=O)Nc3cc(OC)ccc3Cl)cc3ccccc23)cc(Cl)c1S(=O)(=O)O.[Na+]. The van der Waals surface area contributed by atoms with Crippen molar-refractivity contribution in [3.8, 4) is 11.5 Å². The van der Waals surface area contributed by atoms with Gasteiger partial charge >= 0.3 is 29.6 Å². The molecule has 0 aromatic heterocycles. The van der Waals surface area contributed by atoms with Crippen molar-refractivity contribution in [3.05, 3.63) is 81.8 Å². The van der Waals surface area contributed by atoms with Crippen molar-refractivity contribution < 1.29 is 57.2 Å². The van der Waals surface area contributed by atoms with Gasteiger partial charge in [0.25, 0.3) is 16.0 Å². The van der Waals surface area contributed by atoms with Crippen LogP contribution in [0.4, 0.5) is 17.1 Å². The smallest absolute Gasteiger partial charge is 0.870 e. The molecule has 0 saturated carbocycles. The third-order valence-electron chi connectivity index (χ3n) is 5.65. The minimum Gasteiger partial charge on any atom is -0.870 e. The topological polar surface area (TPSA) is 140 Å². The number of methoxy groups -OCH3 is 1. The number of amides is 1. The number of nitrogens with one attached hydrogen (secondary N) is 1. The average Bonchev–Trinajstić information content (AvgIpc) is 2.87.